The maximum Gasteiger partial charge on any atom is 0.313 e. The molecule has 0 bridgehead atoms. The molecule has 5 aliphatic carbocycles. The predicted octanol–water partition coefficient (Wildman–Crippen LogP) is 8.33. The maximum absolute atomic E-state index is 14.3. The third-order valence-corrected chi connectivity index (χ3v) is 15.0. The van der Waals surface area contributed by atoms with Gasteiger partial charge in [-0.2, -0.15) is 5.10 Å². The number of carbonyl (C=O) groups is 1. The Kier molecular flexibility index (Phi) is 7.88. The summed E-state index contributed by atoms with van der Waals surface area (Å²) < 4.78 is 6.25. The first-order valence-corrected chi connectivity index (χ1v) is 17.7. The molecule has 45 heavy (non-hydrogen) atoms. The van der Waals surface area contributed by atoms with E-state index in [9.17, 15) is 4.79 Å². The molecular weight excluding hydrogens is 556 g/mol. The first-order chi connectivity index (χ1) is 21.1. The van der Waals surface area contributed by atoms with Crippen LogP contribution in [0.4, 0.5) is 0 Å². The molecule has 0 radical (unpaired) electrons. The summed E-state index contributed by atoms with van der Waals surface area (Å²) in [6.07, 6.45) is 12.2. The van der Waals surface area contributed by atoms with Gasteiger partial charge in [0, 0.05) is 11.1 Å². The predicted molar refractivity (Wildman–Crippen MR) is 183 cm³/mol. The van der Waals surface area contributed by atoms with Gasteiger partial charge in [-0.3, -0.25) is 4.79 Å². The highest BCUT2D eigenvalue weighted by atomic mass is 16.5. The number of fused-ring (bicyclic) bond motifs is 7. The van der Waals surface area contributed by atoms with Gasteiger partial charge in [0.25, 0.3) is 0 Å². The van der Waals surface area contributed by atoms with Gasteiger partial charge in [-0.15, -0.1) is 5.10 Å². The van der Waals surface area contributed by atoms with E-state index >= 15 is 0 Å². The molecule has 6 rings (SSSR count). The third-order valence-electron chi connectivity index (χ3n) is 15.0. The van der Waals surface area contributed by atoms with E-state index in [2.05, 4.69) is 95.9 Å². The van der Waals surface area contributed by atoms with Crippen LogP contribution in [0.3, 0.4) is 0 Å². The van der Waals surface area contributed by atoms with Crippen molar-refractivity contribution in [2.45, 2.75) is 120 Å². The summed E-state index contributed by atoms with van der Waals surface area (Å²) in [5.41, 5.74) is 16.3. The molecule has 246 valence electrons. The minimum atomic E-state index is -0.421. The van der Waals surface area contributed by atoms with Gasteiger partial charge in [0.2, 0.25) is 5.96 Å². The number of hydrogen-bond acceptors (Lipinski definition) is 4. The van der Waals surface area contributed by atoms with Crippen molar-refractivity contribution in [2.75, 3.05) is 0 Å². The summed E-state index contributed by atoms with van der Waals surface area (Å²) in [5.74, 6) is 2.47. The maximum atomic E-state index is 14.3. The first-order valence-electron chi connectivity index (χ1n) is 17.7. The highest BCUT2D eigenvalue weighted by Crippen LogP contribution is 2.75. The average molecular weight is 615 g/mol. The van der Waals surface area contributed by atoms with Crippen molar-refractivity contribution in [2.24, 2.45) is 78.3 Å². The lowest BCUT2D eigenvalue weighted by Crippen LogP contribution is -2.65. The van der Waals surface area contributed by atoms with Crippen LogP contribution in [-0.2, 0) is 16.1 Å². The topological polar surface area (TPSA) is 103 Å². The van der Waals surface area contributed by atoms with Gasteiger partial charge in [-0.05, 0) is 116 Å². The zero-order valence-corrected chi connectivity index (χ0v) is 29.2. The van der Waals surface area contributed by atoms with E-state index < -0.39 is 5.41 Å². The highest BCUT2D eigenvalue weighted by molar-refractivity contribution is 5.91. The number of carbonyl (C=O) groups excluding carboxylic acids is 1. The first kappa shape index (κ1) is 32.3. The number of allylic oxidation sites excluding steroid dienone is 2. The fourth-order valence-electron chi connectivity index (χ4n) is 11.9. The molecule has 6 nitrogen and oxygen atoms in total. The number of hydrogen-bond donors (Lipinski definition) is 2. The van der Waals surface area contributed by atoms with Gasteiger partial charge in [-0.1, -0.05) is 89.9 Å². The molecule has 0 aliphatic heterocycles. The van der Waals surface area contributed by atoms with Gasteiger partial charge in [0.15, 0.2) is 0 Å². The van der Waals surface area contributed by atoms with E-state index in [0.29, 0.717) is 30.3 Å². The van der Waals surface area contributed by atoms with Crippen LogP contribution in [0.5, 0.6) is 0 Å². The van der Waals surface area contributed by atoms with Crippen molar-refractivity contribution >= 4 is 17.6 Å². The van der Waals surface area contributed by atoms with E-state index in [0.717, 1.165) is 56.2 Å². The Morgan fingerprint density at radius 1 is 0.933 bits per heavy atom. The van der Waals surface area contributed by atoms with Crippen molar-refractivity contribution in [3.63, 3.8) is 0 Å². The van der Waals surface area contributed by atoms with Crippen molar-refractivity contribution in [1.29, 1.82) is 0 Å². The Bertz CT molecular complexity index is 1420. The van der Waals surface area contributed by atoms with E-state index in [1.807, 2.05) is 0 Å². The van der Waals surface area contributed by atoms with Gasteiger partial charge in [0.1, 0.15) is 6.61 Å². The van der Waals surface area contributed by atoms with Crippen LogP contribution in [0.1, 0.15) is 117 Å². The molecule has 4 fully saturated rings. The van der Waals surface area contributed by atoms with Crippen molar-refractivity contribution in [3.8, 4) is 0 Å². The Balaban J connectivity index is 1.34. The summed E-state index contributed by atoms with van der Waals surface area (Å²) in [4.78, 5) is 14.3. The number of esters is 1. The summed E-state index contributed by atoms with van der Waals surface area (Å²) in [7, 11) is 0. The van der Waals surface area contributed by atoms with Crippen molar-refractivity contribution < 1.29 is 9.53 Å². The standard InChI is InChI=1S/C39H58N4O2/c1-24-9-11-27(12-10-24)23-45-33(44)39-20-15-25(2)26(3)32(39)28-13-14-30-36(6)18-17-31(42-43-34(40)41)35(4,5)29(36)16-19-38(30,8)37(28,7)21-22-39/h9-13,25-26,29-30,32H,14-23H2,1-8H3,(H4,40,41,43)/b42-31+/t25-,26+,29?,30?,32?,36+,37-,38-,39+/m1/s1. The molecule has 1 aromatic rings. The molecule has 9 atom stereocenters. The summed E-state index contributed by atoms with van der Waals surface area (Å²) >= 11 is 0. The second kappa shape index (κ2) is 11.0. The number of nitrogens with two attached hydrogens (primary N) is 2. The number of aryl methyl sites for hydroxylation is 1. The van der Waals surface area contributed by atoms with Crippen molar-refractivity contribution in [3.05, 3.63) is 47.0 Å². The second-order valence-electron chi connectivity index (χ2n) is 17.2. The molecule has 6 heteroatoms. The lowest BCUT2D eigenvalue weighted by Gasteiger charge is -2.71. The normalized spacial score (nSPS) is 42.7. The van der Waals surface area contributed by atoms with E-state index in [1.54, 1.807) is 5.57 Å². The summed E-state index contributed by atoms with van der Waals surface area (Å²) in [6, 6.07) is 8.38. The minimum Gasteiger partial charge on any atom is -0.460 e. The number of guanidine groups is 1. The fraction of sp³-hybridized carbons (Fsp3) is 0.718. The van der Waals surface area contributed by atoms with E-state index in [1.165, 1.54) is 18.4 Å². The Morgan fingerprint density at radius 3 is 2.33 bits per heavy atom. The van der Waals surface area contributed by atoms with Gasteiger partial charge >= 0.3 is 5.97 Å². The Morgan fingerprint density at radius 2 is 1.64 bits per heavy atom. The monoisotopic (exact) mass is 614 g/mol. The smallest absolute Gasteiger partial charge is 0.313 e. The molecule has 4 saturated carbocycles. The molecule has 0 spiro atoms. The fourth-order valence-corrected chi connectivity index (χ4v) is 11.9. The minimum absolute atomic E-state index is 0.0272. The lowest BCUT2D eigenvalue weighted by molar-refractivity contribution is -0.185. The third kappa shape index (κ3) is 4.74. The van der Waals surface area contributed by atoms with E-state index in [4.69, 9.17) is 16.2 Å². The summed E-state index contributed by atoms with van der Waals surface area (Å²) in [6.45, 7) is 19.8. The molecule has 5 aliphatic rings. The van der Waals surface area contributed by atoms with Gasteiger partial charge < -0.3 is 16.2 Å². The molecule has 1 aromatic carbocycles. The van der Waals surface area contributed by atoms with Crippen LogP contribution in [-0.4, -0.2) is 17.6 Å². The molecule has 0 saturated heterocycles. The quantitative estimate of drug-likeness (QED) is 0.117. The largest absolute Gasteiger partial charge is 0.460 e. The number of rotatable bonds is 4. The highest BCUT2D eigenvalue weighted by Gasteiger charge is 2.69. The zero-order valence-electron chi connectivity index (χ0n) is 29.2. The second-order valence-corrected chi connectivity index (χ2v) is 17.2. The van der Waals surface area contributed by atoms with Crippen LogP contribution in [0, 0.1) is 63.6 Å². The molecule has 0 aromatic heterocycles. The number of benzene rings is 1. The molecule has 3 unspecified atom stereocenters. The Labute approximate surface area is 271 Å². The molecule has 4 N–H and O–H groups in total. The van der Waals surface area contributed by atoms with Crippen LogP contribution in [0.25, 0.3) is 0 Å². The SMILES string of the molecule is Cc1ccc(COC(=O)[C@]23CC[C@@H](C)[C@H](C)C2C2=CCC4[C@@]5(C)CC/C(=N\N=C(N)N)C(C)(C)C5CC[C@@]4(C)[C@]2(C)CC3)cc1. The lowest BCUT2D eigenvalue weighted by atomic mass is 9.33. The number of nitrogens with zero attached hydrogens (tertiary/aromatic N) is 2. The van der Waals surface area contributed by atoms with E-state index in [-0.39, 0.29) is 39.5 Å². The van der Waals surface area contributed by atoms with Gasteiger partial charge in [-0.25, -0.2) is 0 Å². The molecule has 0 heterocycles. The number of ether oxygens (including phenoxy) is 1. The molecular formula is C39H58N4O2. The van der Waals surface area contributed by atoms with Crippen LogP contribution in [0.15, 0.2) is 46.1 Å². The zero-order chi connectivity index (χ0) is 32.6. The van der Waals surface area contributed by atoms with Crippen molar-refractivity contribution in [1.82, 2.24) is 0 Å². The average Bonchev–Trinajstić information content (AvgIpc) is 2.98. The van der Waals surface area contributed by atoms with Crippen LogP contribution < -0.4 is 11.5 Å². The van der Waals surface area contributed by atoms with Crippen LogP contribution >= 0.6 is 0 Å². The van der Waals surface area contributed by atoms with Gasteiger partial charge in [0.05, 0.1) is 5.41 Å². The van der Waals surface area contributed by atoms with Crippen LogP contribution in [0.2, 0.25) is 0 Å². The Hall–Kier alpha value is -2.63. The summed E-state index contributed by atoms with van der Waals surface area (Å²) in [5, 5.41) is 8.66. The molecule has 0 amide bonds.